The molecule has 0 fully saturated rings. The van der Waals surface area contributed by atoms with Gasteiger partial charge in [-0.05, 0) is 6.07 Å². The van der Waals surface area contributed by atoms with Crippen LogP contribution in [-0.4, -0.2) is 6.18 Å². The summed E-state index contributed by atoms with van der Waals surface area (Å²) < 4.78 is 42.8. The van der Waals surface area contributed by atoms with Crippen molar-refractivity contribution in [1.29, 1.82) is 0 Å². The van der Waals surface area contributed by atoms with Gasteiger partial charge in [-0.3, -0.25) is 0 Å². The predicted molar refractivity (Wildman–Crippen MR) is 63.2 cm³/mol. The Balaban J connectivity index is 2.48. The molecule has 0 radical (unpaired) electrons. The second kappa shape index (κ2) is 4.65. The van der Waals surface area contributed by atoms with E-state index < -0.39 is 18.6 Å². The minimum absolute atomic E-state index is 0.477. The molecule has 0 saturated carbocycles. The first-order valence-electron chi connectivity index (χ1n) is 5.75. The third-order valence-corrected chi connectivity index (χ3v) is 2.85. The number of benzene rings is 1. The van der Waals surface area contributed by atoms with E-state index in [2.05, 4.69) is 0 Å². The first-order valence-corrected chi connectivity index (χ1v) is 5.75. The van der Waals surface area contributed by atoms with Crippen LogP contribution in [0.2, 0.25) is 0 Å². The largest absolute Gasteiger partial charge is 0.461 e. The van der Waals surface area contributed by atoms with Crippen molar-refractivity contribution in [1.82, 2.24) is 0 Å². The number of hydrogen-bond acceptors (Lipinski definition) is 2. The lowest BCUT2D eigenvalue weighted by Crippen LogP contribution is -2.20. The van der Waals surface area contributed by atoms with E-state index in [0.717, 1.165) is 0 Å². The zero-order valence-electron chi connectivity index (χ0n) is 9.92. The molecule has 1 aromatic heterocycles. The zero-order valence-corrected chi connectivity index (χ0v) is 9.92. The Hall–Kier alpha value is -1.49. The number of nitrogens with two attached hydrogens (primary N) is 1. The van der Waals surface area contributed by atoms with E-state index in [1.54, 1.807) is 24.3 Å². The summed E-state index contributed by atoms with van der Waals surface area (Å²) >= 11 is 0. The molecule has 98 valence electrons. The van der Waals surface area contributed by atoms with Gasteiger partial charge in [-0.15, -0.1) is 0 Å². The van der Waals surface area contributed by atoms with Crippen LogP contribution in [-0.2, 0) is 6.42 Å². The molecule has 18 heavy (non-hydrogen) atoms. The van der Waals surface area contributed by atoms with Gasteiger partial charge < -0.3 is 10.2 Å². The maximum absolute atomic E-state index is 12.4. The predicted octanol–water partition coefficient (Wildman–Crippen LogP) is 3.95. The fourth-order valence-electron chi connectivity index (χ4n) is 2.14. The third kappa shape index (κ3) is 2.51. The number of furan rings is 1. The van der Waals surface area contributed by atoms with Crippen molar-refractivity contribution in [2.75, 3.05) is 0 Å². The monoisotopic (exact) mass is 257 g/mol. The van der Waals surface area contributed by atoms with Gasteiger partial charge in [0.2, 0.25) is 0 Å². The van der Waals surface area contributed by atoms with E-state index in [-0.39, 0.29) is 0 Å². The van der Waals surface area contributed by atoms with Crippen LogP contribution < -0.4 is 5.73 Å². The summed E-state index contributed by atoms with van der Waals surface area (Å²) in [6, 6.07) is 5.94. The van der Waals surface area contributed by atoms with Gasteiger partial charge in [0, 0.05) is 23.4 Å². The molecule has 0 aliphatic carbocycles. The smallest absolute Gasteiger partial charge is 0.390 e. The van der Waals surface area contributed by atoms with Gasteiger partial charge in [0.15, 0.2) is 0 Å². The van der Waals surface area contributed by atoms with Crippen LogP contribution in [0.1, 0.15) is 30.7 Å². The van der Waals surface area contributed by atoms with Crippen molar-refractivity contribution >= 4 is 11.0 Å². The molecule has 0 aliphatic heterocycles. The van der Waals surface area contributed by atoms with Crippen LogP contribution in [0.25, 0.3) is 11.0 Å². The van der Waals surface area contributed by atoms with Crippen LogP contribution >= 0.6 is 0 Å². The van der Waals surface area contributed by atoms with Crippen molar-refractivity contribution in [2.45, 2.75) is 32.0 Å². The highest BCUT2D eigenvalue weighted by Gasteiger charge is 2.33. The van der Waals surface area contributed by atoms with Crippen LogP contribution in [0.5, 0.6) is 0 Å². The Morgan fingerprint density at radius 1 is 1.28 bits per heavy atom. The Morgan fingerprint density at radius 2 is 1.94 bits per heavy atom. The van der Waals surface area contributed by atoms with Gasteiger partial charge >= 0.3 is 6.18 Å². The fraction of sp³-hybridized carbons (Fsp3) is 0.385. The summed E-state index contributed by atoms with van der Waals surface area (Å²) in [5.41, 5.74) is 6.75. The second-order valence-corrected chi connectivity index (χ2v) is 4.21. The van der Waals surface area contributed by atoms with E-state index in [9.17, 15) is 13.2 Å². The molecular weight excluding hydrogens is 243 g/mol. The van der Waals surface area contributed by atoms with Gasteiger partial charge in [0.05, 0.1) is 6.42 Å². The third-order valence-electron chi connectivity index (χ3n) is 2.85. The van der Waals surface area contributed by atoms with Crippen LogP contribution in [0.3, 0.4) is 0 Å². The van der Waals surface area contributed by atoms with E-state index in [0.29, 0.717) is 28.7 Å². The maximum atomic E-state index is 12.4. The Kier molecular flexibility index (Phi) is 3.34. The highest BCUT2D eigenvalue weighted by atomic mass is 19.4. The van der Waals surface area contributed by atoms with Gasteiger partial charge in [0.1, 0.15) is 11.3 Å². The zero-order chi connectivity index (χ0) is 13.3. The van der Waals surface area contributed by atoms with Crippen LogP contribution in [0.15, 0.2) is 28.7 Å². The van der Waals surface area contributed by atoms with Gasteiger partial charge in [-0.25, -0.2) is 0 Å². The summed E-state index contributed by atoms with van der Waals surface area (Å²) in [5.74, 6) is 0.535. The van der Waals surface area contributed by atoms with Crippen molar-refractivity contribution in [3.8, 4) is 0 Å². The van der Waals surface area contributed by atoms with E-state index in [1.807, 2.05) is 6.92 Å². The van der Waals surface area contributed by atoms with E-state index in [4.69, 9.17) is 10.2 Å². The molecule has 0 bridgehead atoms. The lowest BCUT2D eigenvalue weighted by Gasteiger charge is -2.14. The molecule has 0 spiro atoms. The lowest BCUT2D eigenvalue weighted by molar-refractivity contribution is -0.138. The molecule has 0 amide bonds. The van der Waals surface area contributed by atoms with Crippen LogP contribution in [0.4, 0.5) is 13.2 Å². The minimum atomic E-state index is -4.27. The number of rotatable bonds is 3. The number of aryl methyl sites for hydroxylation is 1. The molecule has 0 saturated heterocycles. The minimum Gasteiger partial charge on any atom is -0.461 e. The first kappa shape index (κ1) is 13.0. The molecule has 5 heteroatoms. The second-order valence-electron chi connectivity index (χ2n) is 4.21. The van der Waals surface area contributed by atoms with Crippen molar-refractivity contribution in [3.63, 3.8) is 0 Å². The molecule has 0 aliphatic rings. The van der Waals surface area contributed by atoms with Crippen molar-refractivity contribution < 1.29 is 17.6 Å². The average Bonchev–Trinajstić information content (AvgIpc) is 2.64. The van der Waals surface area contributed by atoms with E-state index >= 15 is 0 Å². The van der Waals surface area contributed by atoms with Gasteiger partial charge in [0.25, 0.3) is 0 Å². The number of halogens is 3. The number of alkyl halides is 3. The average molecular weight is 257 g/mol. The lowest BCUT2D eigenvalue weighted by atomic mass is 9.99. The SMILES string of the molecule is CCc1oc2ccccc2c1C(N)CC(F)(F)F. The first-order chi connectivity index (χ1) is 8.42. The highest BCUT2D eigenvalue weighted by molar-refractivity contribution is 5.82. The Morgan fingerprint density at radius 3 is 2.56 bits per heavy atom. The van der Waals surface area contributed by atoms with Crippen molar-refractivity contribution in [2.24, 2.45) is 5.73 Å². The van der Waals surface area contributed by atoms with Crippen LogP contribution in [0, 0.1) is 0 Å². The Bertz CT molecular complexity index is 545. The molecule has 2 aromatic rings. The van der Waals surface area contributed by atoms with Gasteiger partial charge in [-0.1, -0.05) is 25.1 Å². The molecule has 1 atom stereocenters. The molecule has 1 unspecified atom stereocenters. The quantitative estimate of drug-likeness (QED) is 0.904. The molecule has 2 rings (SSSR count). The standard InChI is InChI=1S/C13H14F3NO/c1-2-10-12(9(17)7-13(14,15)16)8-5-3-4-6-11(8)18-10/h3-6,9H,2,7,17H2,1H3. The van der Waals surface area contributed by atoms with E-state index in [1.165, 1.54) is 0 Å². The highest BCUT2D eigenvalue weighted by Crippen LogP contribution is 2.35. The molecule has 2 N–H and O–H groups in total. The van der Waals surface area contributed by atoms with Crippen molar-refractivity contribution in [3.05, 3.63) is 35.6 Å². The molecule has 1 heterocycles. The molecular formula is C13H14F3NO. The van der Waals surface area contributed by atoms with Gasteiger partial charge in [-0.2, -0.15) is 13.2 Å². The topological polar surface area (TPSA) is 39.2 Å². The molecule has 1 aromatic carbocycles. The Labute approximate surface area is 103 Å². The number of para-hydroxylation sites is 1. The number of fused-ring (bicyclic) bond motifs is 1. The number of hydrogen-bond donors (Lipinski definition) is 1. The normalized spacial score (nSPS) is 14.1. The summed E-state index contributed by atoms with van der Waals surface area (Å²) in [7, 11) is 0. The summed E-state index contributed by atoms with van der Waals surface area (Å²) in [6.45, 7) is 1.83. The maximum Gasteiger partial charge on any atom is 0.390 e. The fourth-order valence-corrected chi connectivity index (χ4v) is 2.14. The summed E-state index contributed by atoms with van der Waals surface area (Å²) in [5, 5.41) is 0.672. The molecule has 2 nitrogen and oxygen atoms in total. The summed E-state index contributed by atoms with van der Waals surface area (Å²) in [6.07, 6.45) is -4.79. The summed E-state index contributed by atoms with van der Waals surface area (Å²) in [4.78, 5) is 0.